The number of likely N-dealkylation sites (tertiary alicyclic amines) is 2. The first-order valence-electron chi connectivity index (χ1n) is 6.60. The van der Waals surface area contributed by atoms with Crippen molar-refractivity contribution in [2.24, 2.45) is 0 Å². The van der Waals surface area contributed by atoms with Gasteiger partial charge < -0.3 is 10.2 Å². The third kappa shape index (κ3) is 4.09. The maximum atomic E-state index is 3.56. The van der Waals surface area contributed by atoms with E-state index in [0.29, 0.717) is 0 Å². The number of rotatable bonds is 5. The lowest BCUT2D eigenvalue weighted by atomic mass is 10.1. The van der Waals surface area contributed by atoms with Crippen LogP contribution in [0.5, 0.6) is 0 Å². The Hall–Kier alpha value is -0.120. The summed E-state index contributed by atoms with van der Waals surface area (Å²) in [6.07, 6.45) is 7.05. The molecule has 0 aromatic heterocycles. The average Bonchev–Trinajstić information content (AvgIpc) is 2.79. The fourth-order valence-corrected chi connectivity index (χ4v) is 2.60. The minimum Gasteiger partial charge on any atom is -0.303 e. The summed E-state index contributed by atoms with van der Waals surface area (Å²) in [6, 6.07) is 0. The number of hydrogen-bond donors (Lipinski definition) is 1. The minimum atomic E-state index is 1.10. The van der Waals surface area contributed by atoms with E-state index in [0.717, 1.165) is 13.2 Å². The second-order valence-electron chi connectivity index (χ2n) is 4.89. The molecule has 0 bridgehead atoms. The standard InChI is InChI=1S/C12H25N3/c1-2-7-14(8-3-1)11-6-13-12-15-9-4-5-10-15/h13H,1-12H2. The molecule has 2 aliphatic heterocycles. The second-order valence-corrected chi connectivity index (χ2v) is 4.89. The van der Waals surface area contributed by atoms with Gasteiger partial charge in [-0.1, -0.05) is 6.42 Å². The van der Waals surface area contributed by atoms with E-state index in [2.05, 4.69) is 15.1 Å². The molecule has 2 fully saturated rings. The first-order chi connectivity index (χ1) is 7.45. The van der Waals surface area contributed by atoms with E-state index < -0.39 is 0 Å². The third-order valence-electron chi connectivity index (χ3n) is 3.59. The Morgan fingerprint density at radius 2 is 1.33 bits per heavy atom. The van der Waals surface area contributed by atoms with Gasteiger partial charge in [0.1, 0.15) is 0 Å². The SMILES string of the molecule is C1CCN(CCNCN2CCCC2)CC1. The fourth-order valence-electron chi connectivity index (χ4n) is 2.60. The zero-order valence-electron chi connectivity index (χ0n) is 9.88. The van der Waals surface area contributed by atoms with Gasteiger partial charge >= 0.3 is 0 Å². The molecule has 0 saturated carbocycles. The van der Waals surface area contributed by atoms with Crippen LogP contribution in [0.3, 0.4) is 0 Å². The summed E-state index contributed by atoms with van der Waals surface area (Å²) >= 11 is 0. The smallest absolute Gasteiger partial charge is 0.0480 e. The van der Waals surface area contributed by atoms with Gasteiger partial charge in [-0.2, -0.15) is 0 Å². The maximum Gasteiger partial charge on any atom is 0.0480 e. The van der Waals surface area contributed by atoms with Crippen LogP contribution in [0, 0.1) is 0 Å². The molecule has 0 aromatic carbocycles. The van der Waals surface area contributed by atoms with Crippen molar-refractivity contribution in [2.45, 2.75) is 32.1 Å². The molecule has 0 unspecified atom stereocenters. The molecule has 0 aliphatic carbocycles. The van der Waals surface area contributed by atoms with Crippen molar-refractivity contribution >= 4 is 0 Å². The second kappa shape index (κ2) is 6.46. The molecule has 0 radical (unpaired) electrons. The van der Waals surface area contributed by atoms with E-state index in [1.165, 1.54) is 64.8 Å². The molecule has 1 N–H and O–H groups in total. The summed E-state index contributed by atoms with van der Waals surface area (Å²) in [5.74, 6) is 0. The van der Waals surface area contributed by atoms with E-state index >= 15 is 0 Å². The normalized spacial score (nSPS) is 24.8. The number of nitrogens with one attached hydrogen (secondary N) is 1. The van der Waals surface area contributed by atoms with E-state index in [4.69, 9.17) is 0 Å². The van der Waals surface area contributed by atoms with Gasteiger partial charge in [-0.3, -0.25) is 4.90 Å². The molecular weight excluding hydrogens is 186 g/mol. The van der Waals surface area contributed by atoms with Crippen LogP contribution < -0.4 is 5.32 Å². The van der Waals surface area contributed by atoms with Crippen LogP contribution in [0.1, 0.15) is 32.1 Å². The number of hydrogen-bond acceptors (Lipinski definition) is 3. The van der Waals surface area contributed by atoms with Gasteiger partial charge in [-0.05, 0) is 51.9 Å². The highest BCUT2D eigenvalue weighted by atomic mass is 15.2. The Kier molecular flexibility index (Phi) is 4.90. The lowest BCUT2D eigenvalue weighted by Crippen LogP contribution is -2.39. The van der Waals surface area contributed by atoms with Gasteiger partial charge in [-0.15, -0.1) is 0 Å². The van der Waals surface area contributed by atoms with Crippen LogP contribution in [-0.4, -0.2) is 55.7 Å². The van der Waals surface area contributed by atoms with Gasteiger partial charge in [0.05, 0.1) is 0 Å². The van der Waals surface area contributed by atoms with E-state index in [9.17, 15) is 0 Å². The van der Waals surface area contributed by atoms with E-state index in [-0.39, 0.29) is 0 Å². The highest BCUT2D eigenvalue weighted by Crippen LogP contribution is 2.07. The van der Waals surface area contributed by atoms with Crippen molar-refractivity contribution in [3.8, 4) is 0 Å². The molecule has 3 heteroatoms. The molecular formula is C12H25N3. The lowest BCUT2D eigenvalue weighted by molar-refractivity contribution is 0.220. The molecule has 2 rings (SSSR count). The van der Waals surface area contributed by atoms with Crippen LogP contribution in [0.15, 0.2) is 0 Å². The van der Waals surface area contributed by atoms with Crippen LogP contribution in [-0.2, 0) is 0 Å². The summed E-state index contributed by atoms with van der Waals surface area (Å²) in [6.45, 7) is 8.77. The van der Waals surface area contributed by atoms with Crippen molar-refractivity contribution in [3.63, 3.8) is 0 Å². The number of piperidine rings is 1. The summed E-state index contributed by atoms with van der Waals surface area (Å²) < 4.78 is 0. The fraction of sp³-hybridized carbons (Fsp3) is 1.00. The first-order valence-corrected chi connectivity index (χ1v) is 6.60. The van der Waals surface area contributed by atoms with E-state index in [1.54, 1.807) is 0 Å². The highest BCUT2D eigenvalue weighted by molar-refractivity contribution is 4.67. The van der Waals surface area contributed by atoms with Crippen molar-refractivity contribution < 1.29 is 0 Å². The van der Waals surface area contributed by atoms with Gasteiger partial charge in [0.25, 0.3) is 0 Å². The molecule has 0 spiro atoms. The van der Waals surface area contributed by atoms with Crippen molar-refractivity contribution in [1.82, 2.24) is 15.1 Å². The first kappa shape index (κ1) is 11.4. The van der Waals surface area contributed by atoms with Crippen molar-refractivity contribution in [3.05, 3.63) is 0 Å². The molecule has 15 heavy (non-hydrogen) atoms. The monoisotopic (exact) mass is 211 g/mol. The van der Waals surface area contributed by atoms with Gasteiger partial charge in [0.2, 0.25) is 0 Å². The molecule has 0 aromatic rings. The molecule has 0 amide bonds. The Balaban J connectivity index is 1.47. The molecule has 3 nitrogen and oxygen atoms in total. The topological polar surface area (TPSA) is 18.5 Å². The van der Waals surface area contributed by atoms with Crippen LogP contribution in [0.2, 0.25) is 0 Å². The quantitative estimate of drug-likeness (QED) is 0.687. The van der Waals surface area contributed by atoms with Crippen LogP contribution in [0.4, 0.5) is 0 Å². The molecule has 88 valence electrons. The average molecular weight is 211 g/mol. The predicted molar refractivity (Wildman–Crippen MR) is 64.0 cm³/mol. The lowest BCUT2D eigenvalue weighted by Gasteiger charge is -2.26. The minimum absolute atomic E-state index is 1.10. The zero-order valence-corrected chi connectivity index (χ0v) is 9.88. The van der Waals surface area contributed by atoms with Gasteiger partial charge in [-0.25, -0.2) is 0 Å². The van der Waals surface area contributed by atoms with Gasteiger partial charge in [0.15, 0.2) is 0 Å². The summed E-state index contributed by atoms with van der Waals surface area (Å²) in [5, 5.41) is 3.56. The van der Waals surface area contributed by atoms with Crippen LogP contribution in [0.25, 0.3) is 0 Å². The summed E-state index contributed by atoms with van der Waals surface area (Å²) in [7, 11) is 0. The molecule has 2 aliphatic rings. The Morgan fingerprint density at radius 3 is 2.07 bits per heavy atom. The van der Waals surface area contributed by atoms with Crippen molar-refractivity contribution in [2.75, 3.05) is 45.9 Å². The van der Waals surface area contributed by atoms with E-state index in [1.807, 2.05) is 0 Å². The van der Waals surface area contributed by atoms with Crippen molar-refractivity contribution in [1.29, 1.82) is 0 Å². The van der Waals surface area contributed by atoms with Crippen LogP contribution >= 0.6 is 0 Å². The summed E-state index contributed by atoms with van der Waals surface area (Å²) in [4.78, 5) is 5.12. The maximum absolute atomic E-state index is 3.56. The zero-order chi connectivity index (χ0) is 10.3. The number of nitrogens with zero attached hydrogens (tertiary/aromatic N) is 2. The Morgan fingerprint density at radius 1 is 0.733 bits per heavy atom. The molecule has 2 saturated heterocycles. The predicted octanol–water partition coefficient (Wildman–Crippen LogP) is 1.12. The molecule has 0 atom stereocenters. The Bertz CT molecular complexity index is 160. The van der Waals surface area contributed by atoms with Gasteiger partial charge in [0, 0.05) is 19.8 Å². The molecule has 2 heterocycles. The Labute approximate surface area is 93.8 Å². The highest BCUT2D eigenvalue weighted by Gasteiger charge is 2.11. The largest absolute Gasteiger partial charge is 0.303 e. The third-order valence-corrected chi connectivity index (χ3v) is 3.59. The summed E-state index contributed by atoms with van der Waals surface area (Å²) in [5.41, 5.74) is 0.